The Labute approximate surface area is 199 Å². The normalized spacial score (nSPS) is 12.2. The minimum atomic E-state index is -3.96. The lowest BCUT2D eigenvalue weighted by Gasteiger charge is -2.20. The molecule has 174 valence electrons. The summed E-state index contributed by atoms with van der Waals surface area (Å²) in [5.74, 6) is 0.204. The maximum atomic E-state index is 13.2. The number of nitrogens with one attached hydrogen (secondary N) is 2. The number of ether oxygens (including phenoxy) is 1. The molecule has 0 aromatic heterocycles. The smallest absolute Gasteiger partial charge is 0.242 e. The van der Waals surface area contributed by atoms with Gasteiger partial charge in [-0.15, -0.1) is 11.8 Å². The molecule has 6 nitrogen and oxygen atoms in total. The van der Waals surface area contributed by atoms with E-state index in [0.717, 1.165) is 10.5 Å². The standard InChI is InChI=1S/C25H28N2O4S2/c1-4-31-23-15-14-20(16-18(23)2)33(29,30)27-22(17-19-10-6-5-7-11-19)25(28)26-21-12-8-9-13-24(21)32-3/h5-16,22,27H,4,17H2,1-3H3,(H,26,28)/t22-/m1/s1. The second-order valence-corrected chi connectivity index (χ2v) is 9.98. The highest BCUT2D eigenvalue weighted by Crippen LogP contribution is 2.25. The number of sulfonamides is 1. The molecule has 8 heteroatoms. The first-order valence-corrected chi connectivity index (χ1v) is 13.3. The molecule has 0 radical (unpaired) electrons. The zero-order valence-corrected chi connectivity index (χ0v) is 20.5. The molecular formula is C25H28N2O4S2. The second-order valence-electron chi connectivity index (χ2n) is 7.41. The van der Waals surface area contributed by atoms with E-state index in [4.69, 9.17) is 4.74 Å². The van der Waals surface area contributed by atoms with Crippen LogP contribution >= 0.6 is 11.8 Å². The van der Waals surface area contributed by atoms with Crippen LogP contribution in [-0.2, 0) is 21.2 Å². The summed E-state index contributed by atoms with van der Waals surface area (Å²) in [5.41, 5.74) is 2.20. The summed E-state index contributed by atoms with van der Waals surface area (Å²) in [6.45, 7) is 4.15. The van der Waals surface area contributed by atoms with Gasteiger partial charge in [0.15, 0.2) is 0 Å². The summed E-state index contributed by atoms with van der Waals surface area (Å²) in [5, 5.41) is 2.89. The van der Waals surface area contributed by atoms with Gasteiger partial charge in [-0.3, -0.25) is 4.79 Å². The molecule has 3 rings (SSSR count). The summed E-state index contributed by atoms with van der Waals surface area (Å²) in [4.78, 5) is 14.2. The molecule has 0 aliphatic carbocycles. The second kappa shape index (κ2) is 11.4. The van der Waals surface area contributed by atoms with Crippen LogP contribution in [0.1, 0.15) is 18.1 Å². The van der Waals surface area contributed by atoms with Crippen LogP contribution in [0.5, 0.6) is 5.75 Å². The number of rotatable bonds is 10. The number of amides is 1. The first kappa shape index (κ1) is 24.8. The molecular weight excluding hydrogens is 456 g/mol. The van der Waals surface area contributed by atoms with Crippen LogP contribution in [0.4, 0.5) is 5.69 Å². The van der Waals surface area contributed by atoms with Crippen molar-refractivity contribution in [1.82, 2.24) is 4.72 Å². The number of thioether (sulfide) groups is 1. The van der Waals surface area contributed by atoms with Gasteiger partial charge in [0.1, 0.15) is 11.8 Å². The average Bonchev–Trinajstić information content (AvgIpc) is 2.81. The molecule has 3 aromatic rings. The number of carbonyl (C=O) groups is 1. The number of carbonyl (C=O) groups excluding carboxylic acids is 1. The van der Waals surface area contributed by atoms with Gasteiger partial charge in [-0.1, -0.05) is 42.5 Å². The minimum Gasteiger partial charge on any atom is -0.494 e. The Morgan fingerprint density at radius 1 is 1.03 bits per heavy atom. The predicted octanol–water partition coefficient (Wildman–Crippen LogP) is 4.64. The van der Waals surface area contributed by atoms with E-state index >= 15 is 0 Å². The van der Waals surface area contributed by atoms with Crippen LogP contribution in [0.15, 0.2) is 82.6 Å². The quantitative estimate of drug-likeness (QED) is 0.410. The van der Waals surface area contributed by atoms with Crippen molar-refractivity contribution in [3.05, 3.63) is 83.9 Å². The van der Waals surface area contributed by atoms with Crippen molar-refractivity contribution < 1.29 is 17.9 Å². The highest BCUT2D eigenvalue weighted by Gasteiger charge is 2.27. The Bertz CT molecular complexity index is 1200. The van der Waals surface area contributed by atoms with Gasteiger partial charge in [0.05, 0.1) is 17.2 Å². The predicted molar refractivity (Wildman–Crippen MR) is 133 cm³/mol. The number of para-hydroxylation sites is 1. The molecule has 0 heterocycles. The van der Waals surface area contributed by atoms with Crippen molar-refractivity contribution in [3.63, 3.8) is 0 Å². The third kappa shape index (κ3) is 6.60. The lowest BCUT2D eigenvalue weighted by molar-refractivity contribution is -0.117. The fraction of sp³-hybridized carbons (Fsp3) is 0.240. The first-order chi connectivity index (χ1) is 15.8. The van der Waals surface area contributed by atoms with E-state index < -0.39 is 22.0 Å². The molecule has 0 spiro atoms. The topological polar surface area (TPSA) is 84.5 Å². The van der Waals surface area contributed by atoms with Crippen LogP contribution in [0.2, 0.25) is 0 Å². The van der Waals surface area contributed by atoms with Gasteiger partial charge in [0.2, 0.25) is 15.9 Å². The first-order valence-electron chi connectivity index (χ1n) is 10.6. The van der Waals surface area contributed by atoms with Gasteiger partial charge >= 0.3 is 0 Å². The lowest BCUT2D eigenvalue weighted by Crippen LogP contribution is -2.45. The maximum Gasteiger partial charge on any atom is 0.242 e. The molecule has 0 unspecified atom stereocenters. The number of hydrogen-bond acceptors (Lipinski definition) is 5. The van der Waals surface area contributed by atoms with Gasteiger partial charge in [-0.25, -0.2) is 8.42 Å². The summed E-state index contributed by atoms with van der Waals surface area (Å²) in [7, 11) is -3.96. The number of anilines is 1. The Balaban J connectivity index is 1.89. The molecule has 33 heavy (non-hydrogen) atoms. The summed E-state index contributed by atoms with van der Waals surface area (Å²) < 4.78 is 34.5. The average molecular weight is 485 g/mol. The zero-order chi connectivity index (χ0) is 23.8. The third-order valence-corrected chi connectivity index (χ3v) is 7.28. The summed E-state index contributed by atoms with van der Waals surface area (Å²) in [6, 6.07) is 20.4. The van der Waals surface area contributed by atoms with Gasteiger partial charge in [0.25, 0.3) is 0 Å². The van der Waals surface area contributed by atoms with Crippen LogP contribution in [0, 0.1) is 6.92 Å². The van der Waals surface area contributed by atoms with Crippen molar-refractivity contribution in [2.24, 2.45) is 0 Å². The molecule has 0 fully saturated rings. The SMILES string of the molecule is CCOc1ccc(S(=O)(=O)N[C@H](Cc2ccccc2)C(=O)Nc2ccccc2SC)cc1C. The van der Waals surface area contributed by atoms with E-state index in [9.17, 15) is 13.2 Å². The molecule has 0 saturated heterocycles. The van der Waals surface area contributed by atoms with E-state index in [-0.39, 0.29) is 11.3 Å². The third-order valence-electron chi connectivity index (χ3n) is 5.02. The van der Waals surface area contributed by atoms with Gasteiger partial charge in [-0.2, -0.15) is 4.72 Å². The maximum absolute atomic E-state index is 13.2. The van der Waals surface area contributed by atoms with Gasteiger partial charge in [-0.05, 0) is 68.0 Å². The highest BCUT2D eigenvalue weighted by molar-refractivity contribution is 7.98. The number of benzene rings is 3. The Hall–Kier alpha value is -2.81. The molecule has 3 aromatic carbocycles. The van der Waals surface area contributed by atoms with Crippen LogP contribution < -0.4 is 14.8 Å². The fourth-order valence-electron chi connectivity index (χ4n) is 3.37. The van der Waals surface area contributed by atoms with Crippen molar-refractivity contribution in [1.29, 1.82) is 0 Å². The highest BCUT2D eigenvalue weighted by atomic mass is 32.2. The summed E-state index contributed by atoms with van der Waals surface area (Å²) >= 11 is 1.50. The van der Waals surface area contributed by atoms with E-state index in [1.165, 1.54) is 17.8 Å². The zero-order valence-electron chi connectivity index (χ0n) is 18.9. The number of aryl methyl sites for hydroxylation is 1. The van der Waals surface area contributed by atoms with E-state index in [2.05, 4.69) is 10.0 Å². The van der Waals surface area contributed by atoms with Crippen molar-refractivity contribution in [2.75, 3.05) is 18.2 Å². The monoisotopic (exact) mass is 484 g/mol. The van der Waals surface area contributed by atoms with Crippen molar-refractivity contribution in [2.45, 2.75) is 36.1 Å². The number of hydrogen-bond donors (Lipinski definition) is 2. The Morgan fingerprint density at radius 3 is 2.39 bits per heavy atom. The van der Waals surface area contributed by atoms with Gasteiger partial charge in [0, 0.05) is 4.90 Å². The largest absolute Gasteiger partial charge is 0.494 e. The molecule has 0 bridgehead atoms. The molecule has 0 aliphatic rings. The van der Waals surface area contributed by atoms with E-state index in [1.807, 2.05) is 61.7 Å². The molecule has 1 atom stereocenters. The molecule has 0 aliphatic heterocycles. The molecule has 1 amide bonds. The summed E-state index contributed by atoms with van der Waals surface area (Å²) in [6.07, 6.45) is 2.13. The van der Waals surface area contributed by atoms with Crippen molar-refractivity contribution >= 4 is 33.4 Å². The fourth-order valence-corrected chi connectivity index (χ4v) is 5.20. The Kier molecular flexibility index (Phi) is 8.55. The van der Waals surface area contributed by atoms with Crippen molar-refractivity contribution in [3.8, 4) is 5.75 Å². The minimum absolute atomic E-state index is 0.0822. The van der Waals surface area contributed by atoms with E-state index in [1.54, 1.807) is 25.1 Å². The van der Waals surface area contributed by atoms with E-state index in [0.29, 0.717) is 23.6 Å². The van der Waals surface area contributed by atoms with Crippen LogP contribution in [0.25, 0.3) is 0 Å². The molecule has 0 saturated carbocycles. The lowest BCUT2D eigenvalue weighted by atomic mass is 10.1. The van der Waals surface area contributed by atoms with Gasteiger partial charge < -0.3 is 10.1 Å². The van der Waals surface area contributed by atoms with Crippen LogP contribution in [0.3, 0.4) is 0 Å². The Morgan fingerprint density at radius 2 is 1.73 bits per heavy atom. The molecule has 2 N–H and O–H groups in total. The van der Waals surface area contributed by atoms with Crippen LogP contribution in [-0.4, -0.2) is 33.2 Å².